The first-order valence-electron chi connectivity index (χ1n) is 5.62. The second kappa shape index (κ2) is 4.44. The van der Waals surface area contributed by atoms with Gasteiger partial charge in [0.25, 0.3) is 0 Å². The van der Waals surface area contributed by atoms with Crippen LogP contribution in [0, 0.1) is 6.92 Å². The van der Waals surface area contributed by atoms with Gasteiger partial charge in [-0.25, -0.2) is 14.9 Å². The molecule has 1 fully saturated rings. The third kappa shape index (κ3) is 2.18. The molecule has 2 aromatic heterocycles. The highest BCUT2D eigenvalue weighted by Crippen LogP contribution is 2.38. The van der Waals surface area contributed by atoms with E-state index in [2.05, 4.69) is 15.2 Å². The number of nitrogens with zero attached hydrogens (tertiary/aromatic N) is 3. The predicted molar refractivity (Wildman–Crippen MR) is 69.2 cm³/mol. The second-order valence-electron chi connectivity index (χ2n) is 4.29. The summed E-state index contributed by atoms with van der Waals surface area (Å²) in [4.78, 5) is 16.6. The number of rotatable bonds is 3. The van der Waals surface area contributed by atoms with E-state index in [9.17, 15) is 4.79 Å². The zero-order valence-corrected chi connectivity index (χ0v) is 11.3. The lowest BCUT2D eigenvalue weighted by Crippen LogP contribution is -2.16. The van der Waals surface area contributed by atoms with Gasteiger partial charge < -0.3 is 0 Å². The highest BCUT2D eigenvalue weighted by molar-refractivity contribution is 7.99. The molecule has 0 amide bonds. The van der Waals surface area contributed by atoms with Crippen LogP contribution in [-0.4, -0.2) is 19.7 Å². The van der Waals surface area contributed by atoms with Gasteiger partial charge in [-0.05, 0) is 43.2 Å². The van der Waals surface area contributed by atoms with Crippen LogP contribution < -0.4 is 5.69 Å². The molecule has 0 saturated heterocycles. The minimum absolute atomic E-state index is 0.141. The number of nitrogens with one attached hydrogen (secondary N) is 1. The number of aryl methyl sites for hydroxylation is 1. The summed E-state index contributed by atoms with van der Waals surface area (Å²) in [5.74, 6) is 0. The van der Waals surface area contributed by atoms with Gasteiger partial charge in [0.05, 0.1) is 0 Å². The van der Waals surface area contributed by atoms with E-state index in [4.69, 9.17) is 11.6 Å². The molecule has 0 aromatic carbocycles. The molecule has 1 saturated carbocycles. The summed E-state index contributed by atoms with van der Waals surface area (Å²) >= 11 is 7.32. The molecule has 1 N–H and O–H groups in total. The fourth-order valence-corrected chi connectivity index (χ4v) is 2.93. The number of halogens is 1. The van der Waals surface area contributed by atoms with E-state index < -0.39 is 0 Å². The summed E-state index contributed by atoms with van der Waals surface area (Å²) in [6.45, 7) is 1.96. The Morgan fingerprint density at radius 2 is 2.33 bits per heavy atom. The van der Waals surface area contributed by atoms with E-state index in [0.717, 1.165) is 23.3 Å². The summed E-state index contributed by atoms with van der Waals surface area (Å²) in [7, 11) is 0. The van der Waals surface area contributed by atoms with Gasteiger partial charge in [-0.15, -0.1) is 5.10 Å². The Bertz CT molecular complexity index is 647. The van der Waals surface area contributed by atoms with Crippen molar-refractivity contribution in [1.29, 1.82) is 0 Å². The van der Waals surface area contributed by atoms with Crippen molar-refractivity contribution in [2.24, 2.45) is 0 Å². The Hall–Kier alpha value is -1.27. The number of H-pyrrole nitrogens is 1. The third-order valence-electron chi connectivity index (χ3n) is 2.81. The average Bonchev–Trinajstić information content (AvgIpc) is 3.10. The number of pyridine rings is 1. The lowest BCUT2D eigenvalue weighted by molar-refractivity contribution is 0.642. The zero-order chi connectivity index (χ0) is 12.7. The van der Waals surface area contributed by atoms with Crippen LogP contribution in [0.2, 0.25) is 5.15 Å². The van der Waals surface area contributed by atoms with Gasteiger partial charge in [0, 0.05) is 17.1 Å². The van der Waals surface area contributed by atoms with Crippen LogP contribution in [0.15, 0.2) is 27.1 Å². The van der Waals surface area contributed by atoms with Crippen LogP contribution in [0.5, 0.6) is 0 Å². The minimum Gasteiger partial charge on any atom is -0.267 e. The first-order chi connectivity index (χ1) is 8.65. The summed E-state index contributed by atoms with van der Waals surface area (Å²) < 4.78 is 1.72. The standard InChI is InChI=1S/C11H11ClN4OS/c1-6-5-13-9(12)4-8(6)18-11-15-14-10(17)16(11)7-2-3-7/h4-5,7H,2-3H2,1H3,(H,14,17). The van der Waals surface area contributed by atoms with E-state index in [0.29, 0.717) is 16.4 Å². The zero-order valence-electron chi connectivity index (χ0n) is 9.68. The van der Waals surface area contributed by atoms with Gasteiger partial charge in [-0.2, -0.15) is 0 Å². The monoisotopic (exact) mass is 282 g/mol. The third-order valence-corrected chi connectivity index (χ3v) is 4.14. The number of hydrogen-bond donors (Lipinski definition) is 1. The Labute approximate surface area is 113 Å². The predicted octanol–water partition coefficient (Wildman–Crippen LogP) is 2.41. The first-order valence-corrected chi connectivity index (χ1v) is 6.81. The van der Waals surface area contributed by atoms with Crippen LogP contribution in [0.3, 0.4) is 0 Å². The van der Waals surface area contributed by atoms with Gasteiger partial charge in [-0.3, -0.25) is 4.57 Å². The van der Waals surface area contributed by atoms with Gasteiger partial charge in [0.2, 0.25) is 0 Å². The van der Waals surface area contributed by atoms with E-state index in [1.807, 2.05) is 6.92 Å². The molecule has 0 bridgehead atoms. The Morgan fingerprint density at radius 1 is 1.56 bits per heavy atom. The fraction of sp³-hybridized carbons (Fsp3) is 0.364. The second-order valence-corrected chi connectivity index (χ2v) is 5.68. The minimum atomic E-state index is -0.141. The van der Waals surface area contributed by atoms with Crippen LogP contribution in [-0.2, 0) is 0 Å². The van der Waals surface area contributed by atoms with Crippen molar-refractivity contribution in [2.45, 2.75) is 35.9 Å². The Balaban J connectivity index is 1.97. The molecule has 18 heavy (non-hydrogen) atoms. The molecule has 94 valence electrons. The number of hydrogen-bond acceptors (Lipinski definition) is 4. The summed E-state index contributed by atoms with van der Waals surface area (Å²) in [6, 6.07) is 2.09. The van der Waals surface area contributed by atoms with Crippen molar-refractivity contribution in [1.82, 2.24) is 19.7 Å². The van der Waals surface area contributed by atoms with Crippen molar-refractivity contribution in [2.75, 3.05) is 0 Å². The molecule has 3 rings (SSSR count). The van der Waals surface area contributed by atoms with Crippen molar-refractivity contribution < 1.29 is 0 Å². The molecular formula is C11H11ClN4OS. The Morgan fingerprint density at radius 3 is 3.06 bits per heavy atom. The van der Waals surface area contributed by atoms with Crippen LogP contribution in [0.1, 0.15) is 24.4 Å². The molecule has 0 radical (unpaired) electrons. The van der Waals surface area contributed by atoms with Crippen molar-refractivity contribution in [3.63, 3.8) is 0 Å². The van der Waals surface area contributed by atoms with Gasteiger partial charge in [0.1, 0.15) is 5.15 Å². The van der Waals surface area contributed by atoms with Crippen LogP contribution in [0.25, 0.3) is 0 Å². The average molecular weight is 283 g/mol. The van der Waals surface area contributed by atoms with Crippen LogP contribution in [0.4, 0.5) is 0 Å². The summed E-state index contributed by atoms with van der Waals surface area (Å²) in [5, 5.41) is 7.70. The highest BCUT2D eigenvalue weighted by atomic mass is 35.5. The van der Waals surface area contributed by atoms with Gasteiger partial charge in [0.15, 0.2) is 5.16 Å². The quantitative estimate of drug-likeness (QED) is 0.878. The molecule has 7 heteroatoms. The lowest BCUT2D eigenvalue weighted by atomic mass is 10.3. The fourth-order valence-electron chi connectivity index (χ4n) is 1.71. The summed E-state index contributed by atoms with van der Waals surface area (Å²) in [5.41, 5.74) is 0.875. The Kier molecular flexibility index (Phi) is 2.91. The van der Waals surface area contributed by atoms with E-state index in [1.54, 1.807) is 16.8 Å². The topological polar surface area (TPSA) is 63.6 Å². The molecule has 1 aliphatic carbocycles. The van der Waals surface area contributed by atoms with Gasteiger partial charge >= 0.3 is 5.69 Å². The lowest BCUT2D eigenvalue weighted by Gasteiger charge is -2.06. The maximum absolute atomic E-state index is 11.7. The maximum Gasteiger partial charge on any atom is 0.344 e. The SMILES string of the molecule is Cc1cnc(Cl)cc1Sc1n[nH]c(=O)n1C1CC1. The molecule has 0 aliphatic heterocycles. The molecule has 1 aliphatic rings. The number of aromatic nitrogens is 4. The molecule has 5 nitrogen and oxygen atoms in total. The highest BCUT2D eigenvalue weighted by Gasteiger charge is 2.28. The molecule has 0 atom stereocenters. The van der Waals surface area contributed by atoms with Crippen molar-refractivity contribution in [3.05, 3.63) is 33.5 Å². The first kappa shape index (κ1) is 11.8. The number of aromatic amines is 1. The van der Waals surface area contributed by atoms with E-state index in [-0.39, 0.29) is 5.69 Å². The molecule has 2 heterocycles. The van der Waals surface area contributed by atoms with Crippen LogP contribution >= 0.6 is 23.4 Å². The van der Waals surface area contributed by atoms with Crippen molar-refractivity contribution >= 4 is 23.4 Å². The molecule has 0 spiro atoms. The smallest absolute Gasteiger partial charge is 0.267 e. The summed E-state index contributed by atoms with van der Waals surface area (Å²) in [6.07, 6.45) is 3.81. The molecule has 2 aromatic rings. The van der Waals surface area contributed by atoms with Crippen molar-refractivity contribution in [3.8, 4) is 0 Å². The molecule has 0 unspecified atom stereocenters. The maximum atomic E-state index is 11.7. The normalized spacial score (nSPS) is 15.0. The van der Waals surface area contributed by atoms with E-state index >= 15 is 0 Å². The molecular weight excluding hydrogens is 272 g/mol. The van der Waals surface area contributed by atoms with E-state index in [1.165, 1.54) is 11.8 Å². The largest absolute Gasteiger partial charge is 0.344 e. The van der Waals surface area contributed by atoms with Gasteiger partial charge in [-0.1, -0.05) is 11.6 Å².